The molecular formula is C17H24N4O4. The molecule has 0 bridgehead atoms. The number of amides is 2. The molecule has 1 heterocycles. The highest BCUT2D eigenvalue weighted by Gasteiger charge is 2.22. The van der Waals surface area contributed by atoms with Crippen LogP contribution in [0.2, 0.25) is 0 Å². The second-order valence-electron chi connectivity index (χ2n) is 6.55. The van der Waals surface area contributed by atoms with E-state index in [9.17, 15) is 19.7 Å². The minimum absolute atomic E-state index is 0.0170. The number of nitro groups is 1. The van der Waals surface area contributed by atoms with E-state index in [2.05, 4.69) is 15.5 Å². The molecule has 0 unspecified atom stereocenters. The zero-order valence-corrected chi connectivity index (χ0v) is 14.5. The van der Waals surface area contributed by atoms with Crippen molar-refractivity contribution in [2.45, 2.75) is 38.8 Å². The van der Waals surface area contributed by atoms with Gasteiger partial charge in [0.2, 0.25) is 5.91 Å². The summed E-state index contributed by atoms with van der Waals surface area (Å²) in [6.07, 6.45) is 1.54. The minimum Gasteiger partial charge on any atom is -0.353 e. The van der Waals surface area contributed by atoms with Crippen molar-refractivity contribution in [2.75, 3.05) is 19.6 Å². The Bertz CT molecular complexity index is 622. The molecular weight excluding hydrogens is 324 g/mol. The lowest BCUT2D eigenvalue weighted by molar-refractivity contribution is -0.384. The molecule has 1 aliphatic rings. The first-order valence-electron chi connectivity index (χ1n) is 8.42. The zero-order valence-electron chi connectivity index (χ0n) is 14.5. The predicted molar refractivity (Wildman–Crippen MR) is 93.3 cm³/mol. The fourth-order valence-electron chi connectivity index (χ4n) is 2.81. The van der Waals surface area contributed by atoms with Crippen LogP contribution in [-0.4, -0.2) is 53.4 Å². The van der Waals surface area contributed by atoms with Gasteiger partial charge in [0.05, 0.1) is 11.5 Å². The summed E-state index contributed by atoms with van der Waals surface area (Å²) in [4.78, 5) is 36.2. The SMILES string of the molecule is CC(C)NC(=O)CN1CCC(NC(=O)c2ccc([N+](=O)[O-])cc2)CC1. The molecule has 1 aromatic rings. The van der Waals surface area contributed by atoms with E-state index in [1.54, 1.807) is 0 Å². The lowest BCUT2D eigenvalue weighted by atomic mass is 10.0. The maximum atomic E-state index is 12.2. The monoisotopic (exact) mass is 348 g/mol. The molecule has 0 atom stereocenters. The molecule has 136 valence electrons. The number of nitrogens with zero attached hydrogens (tertiary/aromatic N) is 2. The second-order valence-corrected chi connectivity index (χ2v) is 6.55. The van der Waals surface area contributed by atoms with Gasteiger partial charge in [-0.05, 0) is 38.8 Å². The Morgan fingerprint density at radius 2 is 1.84 bits per heavy atom. The number of hydrogen-bond acceptors (Lipinski definition) is 5. The summed E-state index contributed by atoms with van der Waals surface area (Å²) in [6.45, 7) is 5.73. The molecule has 25 heavy (non-hydrogen) atoms. The van der Waals surface area contributed by atoms with Crippen LogP contribution in [0, 0.1) is 10.1 Å². The molecule has 2 rings (SSSR count). The van der Waals surface area contributed by atoms with Crippen LogP contribution in [-0.2, 0) is 4.79 Å². The molecule has 0 saturated carbocycles. The van der Waals surface area contributed by atoms with Gasteiger partial charge in [0.1, 0.15) is 0 Å². The molecule has 1 fully saturated rings. The Kier molecular flexibility index (Phi) is 6.46. The van der Waals surface area contributed by atoms with Crippen molar-refractivity contribution in [1.29, 1.82) is 0 Å². The average molecular weight is 348 g/mol. The van der Waals surface area contributed by atoms with Gasteiger partial charge < -0.3 is 10.6 Å². The van der Waals surface area contributed by atoms with Gasteiger partial charge in [-0.15, -0.1) is 0 Å². The fraction of sp³-hybridized carbons (Fsp3) is 0.529. The quantitative estimate of drug-likeness (QED) is 0.596. The van der Waals surface area contributed by atoms with Gasteiger partial charge in [-0.3, -0.25) is 24.6 Å². The number of hydrogen-bond donors (Lipinski definition) is 2. The van der Waals surface area contributed by atoms with Crippen LogP contribution in [0.25, 0.3) is 0 Å². The fourth-order valence-corrected chi connectivity index (χ4v) is 2.81. The van der Waals surface area contributed by atoms with E-state index in [1.807, 2.05) is 13.8 Å². The number of non-ortho nitro benzene ring substituents is 1. The van der Waals surface area contributed by atoms with Crippen LogP contribution < -0.4 is 10.6 Å². The number of likely N-dealkylation sites (tertiary alicyclic amines) is 1. The van der Waals surface area contributed by atoms with Gasteiger partial charge in [0.25, 0.3) is 11.6 Å². The van der Waals surface area contributed by atoms with E-state index < -0.39 is 4.92 Å². The summed E-state index contributed by atoms with van der Waals surface area (Å²) in [5, 5.41) is 16.5. The number of nitro benzene ring substituents is 1. The molecule has 8 heteroatoms. The molecule has 8 nitrogen and oxygen atoms in total. The van der Waals surface area contributed by atoms with Crippen LogP contribution >= 0.6 is 0 Å². The van der Waals surface area contributed by atoms with Crippen LogP contribution in [0.4, 0.5) is 5.69 Å². The highest BCUT2D eigenvalue weighted by Crippen LogP contribution is 2.14. The van der Waals surface area contributed by atoms with Crippen LogP contribution in [0.15, 0.2) is 24.3 Å². The zero-order chi connectivity index (χ0) is 18.4. The maximum Gasteiger partial charge on any atom is 0.269 e. The van der Waals surface area contributed by atoms with Gasteiger partial charge >= 0.3 is 0 Å². The van der Waals surface area contributed by atoms with Gasteiger partial charge in [0, 0.05) is 42.9 Å². The Morgan fingerprint density at radius 1 is 1.24 bits per heavy atom. The normalized spacial score (nSPS) is 15.8. The Hall–Kier alpha value is -2.48. The highest BCUT2D eigenvalue weighted by atomic mass is 16.6. The Morgan fingerprint density at radius 3 is 2.36 bits per heavy atom. The van der Waals surface area contributed by atoms with Gasteiger partial charge in [-0.25, -0.2) is 0 Å². The number of carbonyl (C=O) groups excluding carboxylic acids is 2. The number of rotatable bonds is 6. The standard InChI is InChI=1S/C17H24N4O4/c1-12(2)18-16(22)11-20-9-7-14(8-10-20)19-17(23)13-3-5-15(6-4-13)21(24)25/h3-6,12,14H,7-11H2,1-2H3,(H,18,22)(H,19,23). The summed E-state index contributed by atoms with van der Waals surface area (Å²) in [5.41, 5.74) is 0.369. The van der Waals surface area contributed by atoms with Crippen LogP contribution in [0.5, 0.6) is 0 Å². The third kappa shape index (κ3) is 5.82. The summed E-state index contributed by atoms with van der Waals surface area (Å²) < 4.78 is 0. The first-order chi connectivity index (χ1) is 11.8. The first-order valence-corrected chi connectivity index (χ1v) is 8.42. The summed E-state index contributed by atoms with van der Waals surface area (Å²) >= 11 is 0. The van der Waals surface area contributed by atoms with Gasteiger partial charge in [-0.2, -0.15) is 0 Å². The first kappa shape index (κ1) is 18.9. The van der Waals surface area contributed by atoms with Gasteiger partial charge in [0.15, 0.2) is 0 Å². The number of piperidine rings is 1. The predicted octanol–water partition coefficient (Wildman–Crippen LogP) is 1.31. The van der Waals surface area contributed by atoms with Crippen molar-refractivity contribution in [1.82, 2.24) is 15.5 Å². The molecule has 1 saturated heterocycles. The van der Waals surface area contributed by atoms with E-state index in [1.165, 1.54) is 24.3 Å². The van der Waals surface area contributed by atoms with Crippen LogP contribution in [0.3, 0.4) is 0 Å². The summed E-state index contributed by atoms with van der Waals surface area (Å²) in [7, 11) is 0. The summed E-state index contributed by atoms with van der Waals surface area (Å²) in [6, 6.07) is 5.74. The third-order valence-electron chi connectivity index (χ3n) is 4.08. The molecule has 0 aromatic heterocycles. The lowest BCUT2D eigenvalue weighted by Gasteiger charge is -2.32. The third-order valence-corrected chi connectivity index (χ3v) is 4.08. The number of nitrogens with one attached hydrogen (secondary N) is 2. The van der Waals surface area contributed by atoms with Crippen molar-refractivity contribution in [3.63, 3.8) is 0 Å². The smallest absolute Gasteiger partial charge is 0.269 e. The molecule has 0 radical (unpaired) electrons. The molecule has 0 spiro atoms. The molecule has 2 amide bonds. The van der Waals surface area contributed by atoms with Crippen molar-refractivity contribution >= 4 is 17.5 Å². The van der Waals surface area contributed by atoms with E-state index in [-0.39, 0.29) is 29.6 Å². The van der Waals surface area contributed by atoms with Crippen molar-refractivity contribution in [3.05, 3.63) is 39.9 Å². The second kappa shape index (κ2) is 8.57. The highest BCUT2D eigenvalue weighted by molar-refractivity contribution is 5.94. The Labute approximate surface area is 146 Å². The number of carbonyl (C=O) groups is 2. The van der Waals surface area contributed by atoms with E-state index >= 15 is 0 Å². The van der Waals surface area contributed by atoms with Gasteiger partial charge in [-0.1, -0.05) is 0 Å². The minimum atomic E-state index is -0.493. The largest absolute Gasteiger partial charge is 0.353 e. The van der Waals surface area contributed by atoms with E-state index in [0.717, 1.165) is 25.9 Å². The number of benzene rings is 1. The summed E-state index contributed by atoms with van der Waals surface area (Å²) in [5.74, 6) is -0.214. The lowest BCUT2D eigenvalue weighted by Crippen LogP contribution is -2.48. The molecule has 1 aromatic carbocycles. The van der Waals surface area contributed by atoms with Crippen molar-refractivity contribution in [3.8, 4) is 0 Å². The van der Waals surface area contributed by atoms with Crippen molar-refractivity contribution < 1.29 is 14.5 Å². The molecule has 1 aliphatic heterocycles. The van der Waals surface area contributed by atoms with E-state index in [4.69, 9.17) is 0 Å². The molecule has 2 N–H and O–H groups in total. The maximum absolute atomic E-state index is 12.2. The van der Waals surface area contributed by atoms with E-state index in [0.29, 0.717) is 12.1 Å². The van der Waals surface area contributed by atoms with Crippen LogP contribution in [0.1, 0.15) is 37.0 Å². The topological polar surface area (TPSA) is 105 Å². The van der Waals surface area contributed by atoms with Crippen molar-refractivity contribution in [2.24, 2.45) is 0 Å². The molecule has 0 aliphatic carbocycles. The average Bonchev–Trinajstić information content (AvgIpc) is 2.56. The Balaban J connectivity index is 1.78.